The van der Waals surface area contributed by atoms with E-state index in [2.05, 4.69) is 10.3 Å². The second kappa shape index (κ2) is 12.4. The molecule has 3 aromatic rings. The lowest BCUT2D eigenvalue weighted by molar-refractivity contribution is -0.141. The van der Waals surface area contributed by atoms with Gasteiger partial charge >= 0.3 is 6.18 Å². The van der Waals surface area contributed by atoms with Crippen molar-refractivity contribution < 1.29 is 27.4 Å². The first-order valence-electron chi connectivity index (χ1n) is 11.4. The Balaban J connectivity index is 1.91. The lowest BCUT2D eigenvalue weighted by Gasteiger charge is -2.13. The number of nitrogens with zero attached hydrogens (tertiary/aromatic N) is 3. The molecule has 1 amide bonds. The smallest absolute Gasteiger partial charge is 0.433 e. The first kappa shape index (κ1) is 29.1. The maximum Gasteiger partial charge on any atom is 0.433 e. The number of nitriles is 2. The van der Waals surface area contributed by atoms with Gasteiger partial charge in [-0.2, -0.15) is 23.7 Å². The number of carbonyl (C=O) groups excluding carboxylic acids is 1. The van der Waals surface area contributed by atoms with E-state index in [0.29, 0.717) is 28.3 Å². The number of hydrogen-bond acceptors (Lipinski definition) is 7. The molecular weight excluding hydrogens is 529 g/mol. The summed E-state index contributed by atoms with van der Waals surface area (Å²) in [4.78, 5) is 16.5. The zero-order valence-corrected chi connectivity index (χ0v) is 22.3. The second-order valence-electron chi connectivity index (χ2n) is 8.30. The van der Waals surface area contributed by atoms with Gasteiger partial charge in [0, 0.05) is 11.3 Å². The molecule has 39 heavy (non-hydrogen) atoms. The van der Waals surface area contributed by atoms with Gasteiger partial charge < -0.3 is 14.8 Å². The number of halogens is 3. The van der Waals surface area contributed by atoms with Crippen LogP contribution in [0.15, 0.2) is 53.1 Å². The van der Waals surface area contributed by atoms with Gasteiger partial charge in [-0.05, 0) is 66.9 Å². The van der Waals surface area contributed by atoms with Gasteiger partial charge in [-0.1, -0.05) is 12.1 Å². The predicted molar refractivity (Wildman–Crippen MR) is 141 cm³/mol. The van der Waals surface area contributed by atoms with Crippen molar-refractivity contribution >= 4 is 29.4 Å². The lowest BCUT2D eigenvalue weighted by atomic mass is 10.1. The average molecular weight is 553 g/mol. The largest absolute Gasteiger partial charge is 0.496 e. The minimum atomic E-state index is -4.66. The number of carbonyl (C=O) groups is 1. The molecule has 0 aliphatic heterocycles. The van der Waals surface area contributed by atoms with E-state index in [1.165, 1.54) is 27.2 Å². The highest BCUT2D eigenvalue weighted by Crippen LogP contribution is 2.35. The zero-order valence-electron chi connectivity index (χ0n) is 21.4. The third-order valence-corrected chi connectivity index (χ3v) is 6.56. The summed E-state index contributed by atoms with van der Waals surface area (Å²) in [5.41, 5.74) is 1.31. The van der Waals surface area contributed by atoms with Gasteiger partial charge in [0.25, 0.3) is 5.91 Å². The molecule has 0 unspecified atom stereocenters. The summed E-state index contributed by atoms with van der Waals surface area (Å²) in [6.45, 7) is 3.27. The Morgan fingerprint density at radius 3 is 2.38 bits per heavy atom. The summed E-state index contributed by atoms with van der Waals surface area (Å²) in [6, 6.07) is 14.8. The number of alkyl halides is 3. The van der Waals surface area contributed by atoms with Crippen molar-refractivity contribution in [3.63, 3.8) is 0 Å². The number of aryl methyl sites for hydroxylation is 2. The molecule has 1 aromatic heterocycles. The van der Waals surface area contributed by atoms with E-state index >= 15 is 0 Å². The molecule has 0 aliphatic rings. The van der Waals surface area contributed by atoms with E-state index in [1.807, 2.05) is 25.1 Å². The van der Waals surface area contributed by atoms with Crippen LogP contribution < -0.4 is 14.8 Å². The number of anilines is 1. The van der Waals surface area contributed by atoms with Gasteiger partial charge in [0.2, 0.25) is 0 Å². The van der Waals surface area contributed by atoms with Crippen molar-refractivity contribution in [2.45, 2.75) is 30.8 Å². The Morgan fingerprint density at radius 2 is 1.77 bits per heavy atom. The highest BCUT2D eigenvalue weighted by molar-refractivity contribution is 7.98. The van der Waals surface area contributed by atoms with Crippen molar-refractivity contribution in [1.82, 2.24) is 4.98 Å². The molecule has 0 spiro atoms. The monoisotopic (exact) mass is 552 g/mol. The number of amides is 1. The van der Waals surface area contributed by atoms with Crippen molar-refractivity contribution in [2.24, 2.45) is 0 Å². The Hall–Kier alpha value is -4.48. The van der Waals surface area contributed by atoms with Gasteiger partial charge in [0.15, 0.2) is 0 Å². The van der Waals surface area contributed by atoms with Gasteiger partial charge in [-0.15, -0.1) is 11.8 Å². The highest BCUT2D eigenvalue weighted by atomic mass is 32.2. The first-order chi connectivity index (χ1) is 18.5. The molecule has 2 aromatic carbocycles. The maximum atomic E-state index is 13.3. The minimum Gasteiger partial charge on any atom is -0.496 e. The van der Waals surface area contributed by atoms with Crippen molar-refractivity contribution in [3.8, 4) is 23.6 Å². The summed E-state index contributed by atoms with van der Waals surface area (Å²) < 4.78 is 50.5. The summed E-state index contributed by atoms with van der Waals surface area (Å²) in [5.74, 6) is 0.344. The van der Waals surface area contributed by atoms with Crippen LogP contribution in [0, 0.1) is 36.5 Å². The van der Waals surface area contributed by atoms with E-state index < -0.39 is 17.8 Å². The number of thioether (sulfide) groups is 1. The van der Waals surface area contributed by atoms with E-state index in [4.69, 9.17) is 9.47 Å². The van der Waals surface area contributed by atoms with Crippen LogP contribution in [-0.4, -0.2) is 25.1 Å². The third kappa shape index (κ3) is 7.09. The number of benzene rings is 2. The van der Waals surface area contributed by atoms with Crippen LogP contribution in [-0.2, 0) is 16.7 Å². The average Bonchev–Trinajstić information content (AvgIpc) is 2.89. The summed E-state index contributed by atoms with van der Waals surface area (Å²) in [6.07, 6.45) is -3.27. The van der Waals surface area contributed by atoms with Crippen LogP contribution in [0.5, 0.6) is 11.5 Å². The molecule has 1 N–H and O–H groups in total. The minimum absolute atomic E-state index is 0.0537. The summed E-state index contributed by atoms with van der Waals surface area (Å²) >= 11 is 0.953. The number of rotatable bonds is 8. The van der Waals surface area contributed by atoms with Gasteiger partial charge in [0.1, 0.15) is 39.9 Å². The van der Waals surface area contributed by atoms with E-state index in [9.17, 15) is 28.5 Å². The van der Waals surface area contributed by atoms with Crippen LogP contribution in [0.4, 0.5) is 18.9 Å². The molecule has 0 saturated carbocycles. The topological polar surface area (TPSA) is 108 Å². The number of nitrogens with one attached hydrogen (secondary N) is 1. The van der Waals surface area contributed by atoms with E-state index in [0.717, 1.165) is 23.4 Å². The molecule has 3 rings (SSSR count). The number of aromatic nitrogens is 1. The quantitative estimate of drug-likeness (QED) is 0.195. The third-order valence-electron chi connectivity index (χ3n) is 5.53. The van der Waals surface area contributed by atoms with Crippen LogP contribution in [0.1, 0.15) is 33.5 Å². The molecule has 0 aliphatic carbocycles. The molecule has 11 heteroatoms. The highest BCUT2D eigenvalue weighted by Gasteiger charge is 2.34. The van der Waals surface area contributed by atoms with Crippen molar-refractivity contribution in [3.05, 3.63) is 81.5 Å². The molecule has 0 radical (unpaired) electrons. The molecule has 7 nitrogen and oxygen atoms in total. The summed E-state index contributed by atoms with van der Waals surface area (Å²) in [5, 5.41) is 21.7. The Bertz CT molecular complexity index is 1520. The summed E-state index contributed by atoms with van der Waals surface area (Å²) in [7, 11) is 2.91. The van der Waals surface area contributed by atoms with Crippen molar-refractivity contribution in [2.75, 3.05) is 19.5 Å². The van der Waals surface area contributed by atoms with Gasteiger partial charge in [-0.3, -0.25) is 4.79 Å². The number of hydrogen-bond donors (Lipinski definition) is 1. The second-order valence-corrected chi connectivity index (χ2v) is 9.27. The Morgan fingerprint density at radius 1 is 1.08 bits per heavy atom. The fourth-order valence-corrected chi connectivity index (χ4v) is 4.63. The molecule has 0 fully saturated rings. The lowest BCUT2D eigenvalue weighted by Crippen LogP contribution is -2.14. The van der Waals surface area contributed by atoms with Gasteiger partial charge in [-0.25, -0.2) is 4.98 Å². The van der Waals surface area contributed by atoms with Crippen LogP contribution >= 0.6 is 11.8 Å². The molecule has 200 valence electrons. The predicted octanol–water partition coefficient (Wildman–Crippen LogP) is 6.44. The zero-order chi connectivity index (χ0) is 28.7. The number of pyridine rings is 1. The van der Waals surface area contributed by atoms with Gasteiger partial charge in [0.05, 0.1) is 25.5 Å². The molecule has 0 bridgehead atoms. The fourth-order valence-electron chi connectivity index (χ4n) is 3.60. The Labute approximate surface area is 227 Å². The van der Waals surface area contributed by atoms with E-state index in [1.54, 1.807) is 30.3 Å². The Kier molecular flexibility index (Phi) is 9.23. The van der Waals surface area contributed by atoms with Crippen LogP contribution in [0.3, 0.4) is 0 Å². The standard InChI is InChI=1S/C28H23F3N4O3S/c1-16-5-7-24(38-4)22(9-16)34-26(36)19(13-32)11-18-6-8-23(37-3)20(12-18)15-39-27-21(14-33)17(2)10-25(35-27)28(29,30)31/h5-12H,15H2,1-4H3,(H,34,36)/b19-11-. The van der Waals surface area contributed by atoms with Crippen molar-refractivity contribution in [1.29, 1.82) is 10.5 Å². The molecular formula is C28H23F3N4O3S. The number of methoxy groups -OCH3 is 2. The SMILES string of the molecule is COc1ccc(/C=C(/C#N)C(=O)Nc2cc(C)ccc2OC)cc1CSc1nc(C(F)(F)F)cc(C)c1C#N. The maximum absolute atomic E-state index is 13.3. The van der Waals surface area contributed by atoms with Crippen LogP contribution in [0.25, 0.3) is 6.08 Å². The van der Waals surface area contributed by atoms with E-state index in [-0.39, 0.29) is 27.5 Å². The molecule has 0 atom stereocenters. The molecule has 1 heterocycles. The normalized spacial score (nSPS) is 11.4. The fraction of sp³-hybridized carbons (Fsp3) is 0.214. The molecule has 0 saturated heterocycles. The van der Waals surface area contributed by atoms with Crippen LogP contribution in [0.2, 0.25) is 0 Å². The number of ether oxygens (including phenoxy) is 2. The first-order valence-corrected chi connectivity index (χ1v) is 12.4.